The molecule has 1 aromatic rings. The Bertz CT molecular complexity index is 226. The van der Waals surface area contributed by atoms with Crippen LogP contribution in [-0.4, -0.2) is 4.98 Å². The normalized spacial score (nSPS) is 8.60. The molecule has 0 aliphatic carbocycles. The summed E-state index contributed by atoms with van der Waals surface area (Å²) in [6.45, 7) is 0. The molecule has 2 nitrogen and oxygen atoms in total. The van der Waals surface area contributed by atoms with Gasteiger partial charge in [-0.15, -0.1) is 12.4 Å². The minimum atomic E-state index is 0. The van der Waals surface area contributed by atoms with Gasteiger partial charge in [0.2, 0.25) is 0 Å². The second-order valence-electron chi connectivity index (χ2n) is 1.53. The summed E-state index contributed by atoms with van der Waals surface area (Å²) in [6.07, 6.45) is 1.42. The third kappa shape index (κ3) is 2.21. The van der Waals surface area contributed by atoms with Gasteiger partial charge in [0.25, 0.3) is 0 Å². The number of nitrogen functional groups attached to an aromatic ring is 1. The molecule has 0 aliphatic heterocycles. The quantitative estimate of drug-likeness (QED) is 0.652. The van der Waals surface area contributed by atoms with Crippen molar-refractivity contribution >= 4 is 41.3 Å². The van der Waals surface area contributed by atoms with E-state index in [1.54, 1.807) is 0 Å². The fraction of sp³-hybridized carbons (Fsp3) is 0. The van der Waals surface area contributed by atoms with E-state index in [4.69, 9.17) is 28.9 Å². The maximum absolute atomic E-state index is 5.53. The molecule has 56 valence electrons. The first-order chi connectivity index (χ1) is 4.20. The summed E-state index contributed by atoms with van der Waals surface area (Å²) in [4.78, 5) is 3.69. The molecule has 0 atom stereocenters. The molecular formula is C5H5Cl3N2. The van der Waals surface area contributed by atoms with Gasteiger partial charge in [-0.1, -0.05) is 23.2 Å². The molecule has 5 heteroatoms. The summed E-state index contributed by atoms with van der Waals surface area (Å²) in [5, 5.41) is 0.788. The number of aromatic nitrogens is 1. The van der Waals surface area contributed by atoms with E-state index in [-0.39, 0.29) is 12.4 Å². The Hall–Kier alpha value is -0.180. The lowest BCUT2D eigenvalue weighted by molar-refractivity contribution is 1.33. The van der Waals surface area contributed by atoms with Crippen LogP contribution in [0.25, 0.3) is 0 Å². The minimum absolute atomic E-state index is 0. The molecule has 2 N–H and O–H groups in total. The van der Waals surface area contributed by atoms with Crippen LogP contribution in [0.2, 0.25) is 10.2 Å². The van der Waals surface area contributed by atoms with E-state index in [0.717, 1.165) is 0 Å². The Morgan fingerprint density at radius 3 is 2.40 bits per heavy atom. The van der Waals surface area contributed by atoms with E-state index >= 15 is 0 Å². The molecule has 1 aromatic heterocycles. The van der Waals surface area contributed by atoms with Crippen LogP contribution < -0.4 is 5.73 Å². The van der Waals surface area contributed by atoms with Crippen LogP contribution in [0.1, 0.15) is 0 Å². The molecule has 0 aromatic carbocycles. The molecule has 1 heterocycles. The molecule has 0 amide bonds. The van der Waals surface area contributed by atoms with Crippen molar-refractivity contribution < 1.29 is 0 Å². The van der Waals surface area contributed by atoms with Crippen LogP contribution in [0, 0.1) is 0 Å². The summed E-state index contributed by atoms with van der Waals surface area (Å²) in [5.41, 5.74) is 5.82. The van der Waals surface area contributed by atoms with Crippen molar-refractivity contribution in [2.75, 3.05) is 5.73 Å². The number of hydrogen-bond donors (Lipinski definition) is 1. The second-order valence-corrected chi connectivity index (χ2v) is 2.32. The number of pyridine rings is 1. The van der Waals surface area contributed by atoms with Crippen molar-refractivity contribution in [3.8, 4) is 0 Å². The summed E-state index contributed by atoms with van der Waals surface area (Å²) in [7, 11) is 0. The Labute approximate surface area is 74.8 Å². The van der Waals surface area contributed by atoms with Gasteiger partial charge in [0.05, 0.1) is 10.7 Å². The van der Waals surface area contributed by atoms with Crippen LogP contribution >= 0.6 is 35.6 Å². The van der Waals surface area contributed by atoms with Crippen molar-refractivity contribution in [1.29, 1.82) is 0 Å². The Kier molecular flexibility index (Phi) is 3.79. The van der Waals surface area contributed by atoms with Gasteiger partial charge in [-0.3, -0.25) is 0 Å². The summed E-state index contributed by atoms with van der Waals surface area (Å²) in [6, 6.07) is 1.50. The molecule has 0 bridgehead atoms. The van der Waals surface area contributed by atoms with Gasteiger partial charge in [-0.2, -0.15) is 0 Å². The van der Waals surface area contributed by atoms with E-state index in [2.05, 4.69) is 4.98 Å². The molecule has 0 aliphatic rings. The van der Waals surface area contributed by atoms with Crippen LogP contribution in [0.4, 0.5) is 5.69 Å². The van der Waals surface area contributed by atoms with Gasteiger partial charge in [0.1, 0.15) is 5.15 Å². The van der Waals surface area contributed by atoms with Gasteiger partial charge in [0, 0.05) is 6.20 Å². The lowest BCUT2D eigenvalue weighted by atomic mass is 10.4. The Morgan fingerprint density at radius 1 is 1.40 bits per heavy atom. The molecule has 10 heavy (non-hydrogen) atoms. The van der Waals surface area contributed by atoms with Gasteiger partial charge in [-0.25, -0.2) is 4.98 Å². The highest BCUT2D eigenvalue weighted by Gasteiger charge is 1.94. The fourth-order valence-corrected chi connectivity index (χ4v) is 0.697. The number of hydrogen-bond acceptors (Lipinski definition) is 2. The largest absolute Gasteiger partial charge is 0.397 e. The molecule has 0 radical (unpaired) electrons. The number of anilines is 1. The van der Waals surface area contributed by atoms with Crippen LogP contribution in [0.5, 0.6) is 0 Å². The average molecular weight is 199 g/mol. The van der Waals surface area contributed by atoms with E-state index in [9.17, 15) is 0 Å². The van der Waals surface area contributed by atoms with Gasteiger partial charge in [-0.05, 0) is 6.07 Å². The minimum Gasteiger partial charge on any atom is -0.397 e. The Morgan fingerprint density at radius 2 is 2.00 bits per heavy atom. The van der Waals surface area contributed by atoms with Crippen molar-refractivity contribution in [3.05, 3.63) is 22.4 Å². The first kappa shape index (κ1) is 9.82. The summed E-state index contributed by atoms with van der Waals surface area (Å²) >= 11 is 11.0. The first-order valence-electron chi connectivity index (χ1n) is 2.26. The SMILES string of the molecule is Cl.Nc1cc(Cl)ncc1Cl. The van der Waals surface area contributed by atoms with Gasteiger partial charge < -0.3 is 5.73 Å². The van der Waals surface area contributed by atoms with Crippen LogP contribution in [-0.2, 0) is 0 Å². The topological polar surface area (TPSA) is 38.9 Å². The molecule has 0 saturated heterocycles. The van der Waals surface area contributed by atoms with E-state index in [0.29, 0.717) is 15.9 Å². The maximum Gasteiger partial charge on any atom is 0.131 e. The van der Waals surface area contributed by atoms with E-state index in [1.165, 1.54) is 12.3 Å². The second kappa shape index (κ2) is 3.86. The van der Waals surface area contributed by atoms with E-state index in [1.807, 2.05) is 0 Å². The highest BCUT2D eigenvalue weighted by atomic mass is 35.5. The van der Waals surface area contributed by atoms with Crippen molar-refractivity contribution in [2.45, 2.75) is 0 Å². The first-order valence-corrected chi connectivity index (χ1v) is 3.02. The number of halogens is 3. The predicted molar refractivity (Wildman–Crippen MR) is 45.9 cm³/mol. The van der Waals surface area contributed by atoms with Crippen LogP contribution in [0.15, 0.2) is 12.3 Å². The molecule has 1 rings (SSSR count). The number of nitrogens with two attached hydrogens (primary N) is 1. The van der Waals surface area contributed by atoms with Gasteiger partial charge >= 0.3 is 0 Å². The van der Waals surface area contributed by atoms with Crippen molar-refractivity contribution in [1.82, 2.24) is 4.98 Å². The number of rotatable bonds is 0. The smallest absolute Gasteiger partial charge is 0.131 e. The summed E-state index contributed by atoms with van der Waals surface area (Å²) < 4.78 is 0. The van der Waals surface area contributed by atoms with Crippen molar-refractivity contribution in [3.63, 3.8) is 0 Å². The van der Waals surface area contributed by atoms with Crippen molar-refractivity contribution in [2.24, 2.45) is 0 Å². The van der Waals surface area contributed by atoms with Gasteiger partial charge in [0.15, 0.2) is 0 Å². The molecular weight excluding hydrogens is 194 g/mol. The third-order valence-electron chi connectivity index (χ3n) is 0.852. The zero-order chi connectivity index (χ0) is 6.85. The monoisotopic (exact) mass is 198 g/mol. The van der Waals surface area contributed by atoms with E-state index < -0.39 is 0 Å². The average Bonchev–Trinajstić information content (AvgIpc) is 1.80. The highest BCUT2D eigenvalue weighted by molar-refractivity contribution is 6.34. The zero-order valence-electron chi connectivity index (χ0n) is 4.84. The molecule has 0 saturated carbocycles. The standard InChI is InChI=1S/C5H4Cl2N2.ClH/c6-3-2-9-5(7)1-4(3)8;/h1-2H,(H2,8,9);1H. The maximum atomic E-state index is 5.53. The zero-order valence-corrected chi connectivity index (χ0v) is 7.17. The highest BCUT2D eigenvalue weighted by Crippen LogP contribution is 2.18. The van der Waals surface area contributed by atoms with Crippen LogP contribution in [0.3, 0.4) is 0 Å². The third-order valence-corrected chi connectivity index (χ3v) is 1.37. The summed E-state index contributed by atoms with van der Waals surface area (Å²) in [5.74, 6) is 0. The predicted octanol–water partition coefficient (Wildman–Crippen LogP) is 2.39. The lowest BCUT2D eigenvalue weighted by Gasteiger charge is -1.94. The fourth-order valence-electron chi connectivity index (χ4n) is 0.427. The lowest BCUT2D eigenvalue weighted by Crippen LogP contribution is -1.86. The molecule has 0 unspecified atom stereocenters. The number of nitrogens with zero attached hydrogens (tertiary/aromatic N) is 1. The Balaban J connectivity index is 0.000000810. The molecule has 0 fully saturated rings. The molecule has 0 spiro atoms.